The maximum absolute atomic E-state index is 13.7. The first-order valence-corrected chi connectivity index (χ1v) is 13.5. The van der Waals surface area contributed by atoms with E-state index in [0.717, 1.165) is 16.8 Å². The molecule has 0 bridgehead atoms. The van der Waals surface area contributed by atoms with Crippen molar-refractivity contribution in [2.45, 2.75) is 95.5 Å². The molecule has 0 aliphatic rings. The number of rotatable bonds is 6. The van der Waals surface area contributed by atoms with E-state index in [2.05, 4.69) is 76.7 Å². The van der Waals surface area contributed by atoms with Crippen molar-refractivity contribution in [3.63, 3.8) is 0 Å². The average Bonchev–Trinajstić information content (AvgIpc) is 2.85. The standard InChI is InChI=1S/C15H23N.C13H19FN2.2C2H6/c1-10(2)13-8-7-9-14(12(13)5)15(16-6)11(3)4;1-8(2)13(16-4)11-6-12(14)10(7-15)5-9(11)3;2*1-2/h7-11H,1-6H3;5-6,8H,7,15H2,1-4H3;2*1-2H3. The van der Waals surface area contributed by atoms with Crippen molar-refractivity contribution in [1.82, 2.24) is 0 Å². The molecule has 3 nitrogen and oxygen atoms in total. The van der Waals surface area contributed by atoms with Crippen LogP contribution in [0, 0.1) is 31.5 Å². The van der Waals surface area contributed by atoms with Crippen molar-refractivity contribution in [2.75, 3.05) is 14.1 Å². The highest BCUT2D eigenvalue weighted by atomic mass is 19.1. The monoisotopic (exact) mass is 499 g/mol. The first kappa shape index (κ1) is 35.8. The molecule has 2 N–H and O–H groups in total. The lowest BCUT2D eigenvalue weighted by atomic mass is 9.89. The Kier molecular flexibility index (Phi) is 18.8. The van der Waals surface area contributed by atoms with Gasteiger partial charge in [0.15, 0.2) is 0 Å². The van der Waals surface area contributed by atoms with Crippen LogP contribution >= 0.6 is 0 Å². The van der Waals surface area contributed by atoms with Crippen LogP contribution in [0.1, 0.15) is 109 Å². The molecule has 2 rings (SSSR count). The summed E-state index contributed by atoms with van der Waals surface area (Å²) < 4.78 is 13.7. The minimum absolute atomic E-state index is 0.229. The van der Waals surface area contributed by atoms with Crippen LogP contribution < -0.4 is 5.73 Å². The van der Waals surface area contributed by atoms with E-state index in [1.54, 1.807) is 19.2 Å². The summed E-state index contributed by atoms with van der Waals surface area (Å²) in [6.45, 7) is 25.4. The Hall–Kier alpha value is -2.33. The minimum atomic E-state index is -0.245. The van der Waals surface area contributed by atoms with Crippen LogP contribution in [0.25, 0.3) is 0 Å². The lowest BCUT2D eigenvalue weighted by Crippen LogP contribution is -2.13. The van der Waals surface area contributed by atoms with E-state index in [1.807, 2.05) is 41.7 Å². The van der Waals surface area contributed by atoms with Gasteiger partial charge in [-0.3, -0.25) is 9.98 Å². The molecule has 0 spiro atoms. The second kappa shape index (κ2) is 18.9. The molecule has 0 amide bonds. The van der Waals surface area contributed by atoms with Gasteiger partial charge in [0.2, 0.25) is 0 Å². The molecule has 0 saturated carbocycles. The molecule has 36 heavy (non-hydrogen) atoms. The van der Waals surface area contributed by atoms with Gasteiger partial charge in [-0.1, -0.05) is 93.5 Å². The largest absolute Gasteiger partial charge is 0.326 e. The van der Waals surface area contributed by atoms with Crippen LogP contribution in [-0.2, 0) is 6.54 Å². The Labute approximate surface area is 222 Å². The topological polar surface area (TPSA) is 50.7 Å². The van der Waals surface area contributed by atoms with Gasteiger partial charge in [0, 0.05) is 43.2 Å². The molecule has 0 aromatic heterocycles. The maximum Gasteiger partial charge on any atom is 0.128 e. The van der Waals surface area contributed by atoms with E-state index >= 15 is 0 Å². The van der Waals surface area contributed by atoms with Gasteiger partial charge >= 0.3 is 0 Å². The zero-order valence-electron chi connectivity index (χ0n) is 25.7. The van der Waals surface area contributed by atoms with E-state index in [0.29, 0.717) is 17.4 Å². The molecule has 0 aliphatic carbocycles. The third-order valence-electron chi connectivity index (χ3n) is 5.74. The molecule has 4 heteroatoms. The van der Waals surface area contributed by atoms with Crippen LogP contribution in [0.3, 0.4) is 0 Å². The number of hydrogen-bond acceptors (Lipinski definition) is 3. The molecule has 204 valence electrons. The fraction of sp³-hybridized carbons (Fsp3) is 0.562. The highest BCUT2D eigenvalue weighted by Crippen LogP contribution is 2.24. The van der Waals surface area contributed by atoms with Crippen molar-refractivity contribution in [2.24, 2.45) is 27.6 Å². The number of aryl methyl sites for hydroxylation is 1. The summed E-state index contributed by atoms with van der Waals surface area (Å²) in [5.41, 5.74) is 14.2. The summed E-state index contributed by atoms with van der Waals surface area (Å²) in [4.78, 5) is 8.67. The van der Waals surface area contributed by atoms with E-state index < -0.39 is 0 Å². The number of hydrogen-bond donors (Lipinski definition) is 1. The normalized spacial score (nSPS) is 11.4. The molecule has 0 unspecified atom stereocenters. The quantitative estimate of drug-likeness (QED) is 0.396. The molecule has 0 radical (unpaired) electrons. The molecule has 0 saturated heterocycles. The van der Waals surface area contributed by atoms with Crippen LogP contribution in [0.5, 0.6) is 0 Å². The molecule has 0 fully saturated rings. The Morgan fingerprint density at radius 2 is 1.28 bits per heavy atom. The molecule has 0 atom stereocenters. The van der Waals surface area contributed by atoms with Gasteiger partial charge in [-0.2, -0.15) is 0 Å². The van der Waals surface area contributed by atoms with Crippen molar-refractivity contribution in [3.05, 3.63) is 69.5 Å². The molecular formula is C32H54FN3. The van der Waals surface area contributed by atoms with Gasteiger partial charge in [0.05, 0.1) is 0 Å². The third-order valence-corrected chi connectivity index (χ3v) is 5.74. The highest BCUT2D eigenvalue weighted by Gasteiger charge is 2.14. The van der Waals surface area contributed by atoms with Crippen LogP contribution in [0.4, 0.5) is 4.39 Å². The van der Waals surface area contributed by atoms with Crippen molar-refractivity contribution in [1.29, 1.82) is 0 Å². The summed E-state index contributed by atoms with van der Waals surface area (Å²) >= 11 is 0. The van der Waals surface area contributed by atoms with Crippen molar-refractivity contribution < 1.29 is 4.39 Å². The zero-order chi connectivity index (χ0) is 28.6. The Bertz CT molecular complexity index is 954. The summed E-state index contributed by atoms with van der Waals surface area (Å²) in [6.07, 6.45) is 0. The Morgan fingerprint density at radius 1 is 0.806 bits per heavy atom. The predicted octanol–water partition coefficient (Wildman–Crippen LogP) is 8.91. The summed E-state index contributed by atoms with van der Waals surface area (Å²) in [6, 6.07) is 9.89. The Morgan fingerprint density at radius 3 is 1.67 bits per heavy atom. The maximum atomic E-state index is 13.7. The lowest BCUT2D eigenvalue weighted by molar-refractivity contribution is 0.609. The van der Waals surface area contributed by atoms with E-state index in [1.165, 1.54) is 22.4 Å². The third kappa shape index (κ3) is 10.3. The second-order valence-corrected chi connectivity index (χ2v) is 9.16. The first-order chi connectivity index (χ1) is 17.0. The summed E-state index contributed by atoms with van der Waals surface area (Å²) in [7, 11) is 3.63. The van der Waals surface area contributed by atoms with Gasteiger partial charge in [-0.15, -0.1) is 0 Å². The van der Waals surface area contributed by atoms with Gasteiger partial charge in [0.25, 0.3) is 0 Å². The number of halogens is 1. The van der Waals surface area contributed by atoms with Crippen LogP contribution in [0.15, 0.2) is 40.3 Å². The summed E-state index contributed by atoms with van der Waals surface area (Å²) in [5.74, 6) is 1.09. The SMILES string of the molecule is CC.CC.CN=C(c1cc(F)c(CN)cc1C)C(C)C.CN=C(c1cccc(C(C)C)c1C)C(C)C. The highest BCUT2D eigenvalue weighted by molar-refractivity contribution is 6.03. The molecule has 0 aliphatic heterocycles. The lowest BCUT2D eigenvalue weighted by Gasteiger charge is -2.17. The number of nitrogens with zero attached hydrogens (tertiary/aromatic N) is 2. The number of aliphatic imine (C=N–C) groups is 2. The minimum Gasteiger partial charge on any atom is -0.326 e. The molecule has 2 aromatic rings. The average molecular weight is 500 g/mol. The first-order valence-electron chi connectivity index (χ1n) is 13.5. The Balaban J connectivity index is 0. The van der Waals surface area contributed by atoms with E-state index in [-0.39, 0.29) is 18.3 Å². The molecule has 0 heterocycles. The van der Waals surface area contributed by atoms with Gasteiger partial charge in [-0.05, 0) is 59.9 Å². The fourth-order valence-corrected chi connectivity index (χ4v) is 4.11. The van der Waals surface area contributed by atoms with E-state index in [9.17, 15) is 4.39 Å². The number of benzene rings is 2. The van der Waals surface area contributed by atoms with Gasteiger partial charge in [-0.25, -0.2) is 4.39 Å². The van der Waals surface area contributed by atoms with Gasteiger partial charge < -0.3 is 5.73 Å². The zero-order valence-corrected chi connectivity index (χ0v) is 25.7. The predicted molar refractivity (Wildman–Crippen MR) is 162 cm³/mol. The number of nitrogens with two attached hydrogens (primary N) is 1. The second-order valence-electron chi connectivity index (χ2n) is 9.16. The van der Waals surface area contributed by atoms with Crippen LogP contribution in [-0.4, -0.2) is 25.5 Å². The van der Waals surface area contributed by atoms with Crippen molar-refractivity contribution in [3.8, 4) is 0 Å². The molecular weight excluding hydrogens is 445 g/mol. The summed E-state index contributed by atoms with van der Waals surface area (Å²) in [5, 5.41) is 0. The molecule has 2 aromatic carbocycles. The smallest absolute Gasteiger partial charge is 0.128 e. The fourth-order valence-electron chi connectivity index (χ4n) is 4.11. The van der Waals surface area contributed by atoms with E-state index in [4.69, 9.17) is 5.73 Å². The van der Waals surface area contributed by atoms with Gasteiger partial charge in [0.1, 0.15) is 5.82 Å². The van der Waals surface area contributed by atoms with Crippen LogP contribution in [0.2, 0.25) is 0 Å². The van der Waals surface area contributed by atoms with Crippen molar-refractivity contribution >= 4 is 11.4 Å².